The highest BCUT2D eigenvalue weighted by Crippen LogP contribution is 2.09. The molecule has 0 aliphatic carbocycles. The lowest BCUT2D eigenvalue weighted by Gasteiger charge is -2.06. The molecule has 11 heavy (non-hydrogen) atoms. The van der Waals surface area contributed by atoms with Crippen molar-refractivity contribution in [2.24, 2.45) is 10.9 Å². The molecule has 1 atom stereocenters. The van der Waals surface area contributed by atoms with Crippen molar-refractivity contribution in [2.45, 2.75) is 6.92 Å². The number of hydrogen-bond acceptors (Lipinski definition) is 2. The number of dihydropyridines is 1. The molecule has 0 aromatic rings. The van der Waals surface area contributed by atoms with Gasteiger partial charge in [-0.3, -0.25) is 9.59 Å². The first-order chi connectivity index (χ1) is 5.11. The average molecular weight is 153 g/mol. The molecule has 1 aliphatic heterocycles. The maximum Gasteiger partial charge on any atom is 0.320 e. The number of hydrogen-bond donors (Lipinski definition) is 1. The van der Waals surface area contributed by atoms with Gasteiger partial charge in [-0.25, -0.2) is 4.99 Å². The summed E-state index contributed by atoms with van der Waals surface area (Å²) in [6.45, 7) is 1.70. The van der Waals surface area contributed by atoms with Gasteiger partial charge in [0.15, 0.2) is 5.92 Å². The Balaban J connectivity index is 2.90. The minimum Gasteiger partial charge on any atom is -0.480 e. The van der Waals surface area contributed by atoms with Crippen LogP contribution < -0.4 is 0 Å². The third-order valence-electron chi connectivity index (χ3n) is 1.36. The van der Waals surface area contributed by atoms with E-state index in [1.165, 1.54) is 12.3 Å². The molecule has 1 N–H and O–H groups in total. The molecule has 1 amide bonds. The molecule has 0 saturated heterocycles. The molecule has 58 valence electrons. The summed E-state index contributed by atoms with van der Waals surface area (Å²) in [6, 6.07) is 0. The summed E-state index contributed by atoms with van der Waals surface area (Å²) < 4.78 is 0. The average Bonchev–Trinajstić information content (AvgIpc) is 1.94. The Hall–Kier alpha value is -1.45. The van der Waals surface area contributed by atoms with Crippen LogP contribution in [-0.2, 0) is 9.59 Å². The second kappa shape index (κ2) is 2.65. The molecule has 0 saturated carbocycles. The highest BCUT2D eigenvalue weighted by Gasteiger charge is 2.24. The van der Waals surface area contributed by atoms with E-state index < -0.39 is 17.8 Å². The van der Waals surface area contributed by atoms with Gasteiger partial charge in [-0.05, 0) is 12.5 Å². The van der Waals surface area contributed by atoms with E-state index in [1.807, 2.05) is 0 Å². The van der Waals surface area contributed by atoms with Crippen molar-refractivity contribution in [1.82, 2.24) is 0 Å². The van der Waals surface area contributed by atoms with E-state index >= 15 is 0 Å². The molecule has 0 radical (unpaired) electrons. The Morgan fingerprint density at radius 3 is 2.82 bits per heavy atom. The lowest BCUT2D eigenvalue weighted by molar-refractivity contribution is -0.143. The lowest BCUT2D eigenvalue weighted by Crippen LogP contribution is -2.23. The zero-order chi connectivity index (χ0) is 8.43. The SMILES string of the molecule is CC1=CC(C(=O)O)C(=O)N=C1. The molecular weight excluding hydrogens is 146 g/mol. The lowest BCUT2D eigenvalue weighted by atomic mass is 10.0. The summed E-state index contributed by atoms with van der Waals surface area (Å²) >= 11 is 0. The predicted molar refractivity (Wildman–Crippen MR) is 38.4 cm³/mol. The maximum atomic E-state index is 10.8. The number of nitrogens with zero attached hydrogens (tertiary/aromatic N) is 1. The third-order valence-corrected chi connectivity index (χ3v) is 1.36. The largest absolute Gasteiger partial charge is 0.480 e. The van der Waals surface area contributed by atoms with Crippen molar-refractivity contribution in [1.29, 1.82) is 0 Å². The van der Waals surface area contributed by atoms with Crippen LogP contribution in [0.1, 0.15) is 6.92 Å². The molecule has 0 spiro atoms. The minimum absolute atomic E-state index is 0.608. The number of carbonyl (C=O) groups excluding carboxylic acids is 1. The molecule has 1 heterocycles. The Labute approximate surface area is 63.2 Å². The summed E-state index contributed by atoms with van der Waals surface area (Å²) in [6.07, 6.45) is 2.75. The summed E-state index contributed by atoms with van der Waals surface area (Å²) in [7, 11) is 0. The summed E-state index contributed by atoms with van der Waals surface area (Å²) in [5.41, 5.74) is 0.706. The topological polar surface area (TPSA) is 66.7 Å². The minimum atomic E-state index is -1.15. The van der Waals surface area contributed by atoms with Gasteiger partial charge in [0.1, 0.15) is 0 Å². The van der Waals surface area contributed by atoms with Crippen LogP contribution >= 0.6 is 0 Å². The van der Waals surface area contributed by atoms with Gasteiger partial charge < -0.3 is 5.11 Å². The molecule has 4 nitrogen and oxygen atoms in total. The molecule has 0 bridgehead atoms. The number of carbonyl (C=O) groups is 2. The zero-order valence-corrected chi connectivity index (χ0v) is 5.94. The molecule has 1 unspecified atom stereocenters. The Kier molecular flexibility index (Phi) is 1.85. The van der Waals surface area contributed by atoms with E-state index in [0.29, 0.717) is 5.57 Å². The fourth-order valence-electron chi connectivity index (χ4n) is 0.800. The Morgan fingerprint density at radius 1 is 1.73 bits per heavy atom. The standard InChI is InChI=1S/C7H7NO3/c1-4-2-5(7(10)11)6(9)8-3-4/h2-3,5H,1H3,(H,10,11). The fraction of sp³-hybridized carbons (Fsp3) is 0.286. The van der Waals surface area contributed by atoms with Gasteiger partial charge in [0.25, 0.3) is 5.91 Å². The quantitative estimate of drug-likeness (QED) is 0.549. The maximum absolute atomic E-state index is 10.8. The molecule has 0 fully saturated rings. The van der Waals surface area contributed by atoms with Crippen molar-refractivity contribution in [3.8, 4) is 0 Å². The number of carboxylic acid groups (broad SMARTS) is 1. The first kappa shape index (κ1) is 7.65. The van der Waals surface area contributed by atoms with E-state index in [1.54, 1.807) is 6.92 Å². The van der Waals surface area contributed by atoms with Gasteiger partial charge in [-0.15, -0.1) is 0 Å². The van der Waals surface area contributed by atoms with Crippen LogP contribution in [0, 0.1) is 5.92 Å². The predicted octanol–water partition coefficient (Wildman–Crippen LogP) is 0.244. The van der Waals surface area contributed by atoms with Gasteiger partial charge in [0.05, 0.1) is 0 Å². The van der Waals surface area contributed by atoms with E-state index in [0.717, 1.165) is 0 Å². The summed E-state index contributed by atoms with van der Waals surface area (Å²) in [5, 5.41) is 8.49. The van der Waals surface area contributed by atoms with Gasteiger partial charge >= 0.3 is 5.97 Å². The normalized spacial score (nSPS) is 23.2. The fourth-order valence-corrected chi connectivity index (χ4v) is 0.800. The number of aliphatic carboxylic acids is 1. The van der Waals surface area contributed by atoms with Gasteiger partial charge in [0, 0.05) is 6.21 Å². The third kappa shape index (κ3) is 1.52. The van der Waals surface area contributed by atoms with E-state index in [2.05, 4.69) is 4.99 Å². The van der Waals surface area contributed by atoms with Crippen molar-refractivity contribution in [2.75, 3.05) is 0 Å². The van der Waals surface area contributed by atoms with Crippen LogP contribution in [0.15, 0.2) is 16.6 Å². The summed E-state index contributed by atoms with van der Waals surface area (Å²) in [5.74, 6) is -2.84. The Morgan fingerprint density at radius 2 is 2.36 bits per heavy atom. The molecule has 1 aliphatic rings. The molecular formula is C7H7NO3. The van der Waals surface area contributed by atoms with E-state index in [4.69, 9.17) is 5.11 Å². The van der Waals surface area contributed by atoms with Crippen LogP contribution in [0.2, 0.25) is 0 Å². The van der Waals surface area contributed by atoms with Gasteiger partial charge in [-0.1, -0.05) is 6.08 Å². The zero-order valence-electron chi connectivity index (χ0n) is 5.94. The number of allylic oxidation sites excluding steroid dienone is 1. The molecule has 0 aromatic heterocycles. The Bertz CT molecular complexity index is 265. The highest BCUT2D eigenvalue weighted by atomic mass is 16.4. The molecule has 1 rings (SSSR count). The van der Waals surface area contributed by atoms with Crippen LogP contribution in [0.4, 0.5) is 0 Å². The first-order valence-electron chi connectivity index (χ1n) is 3.10. The smallest absolute Gasteiger partial charge is 0.320 e. The van der Waals surface area contributed by atoms with E-state index in [-0.39, 0.29) is 0 Å². The monoisotopic (exact) mass is 153 g/mol. The summed E-state index contributed by atoms with van der Waals surface area (Å²) in [4.78, 5) is 24.5. The number of amides is 1. The second-order valence-corrected chi connectivity index (χ2v) is 2.32. The van der Waals surface area contributed by atoms with Gasteiger partial charge in [-0.2, -0.15) is 0 Å². The van der Waals surface area contributed by atoms with E-state index in [9.17, 15) is 9.59 Å². The van der Waals surface area contributed by atoms with Crippen molar-refractivity contribution < 1.29 is 14.7 Å². The highest BCUT2D eigenvalue weighted by molar-refractivity contribution is 6.06. The van der Waals surface area contributed by atoms with Gasteiger partial charge in [0.2, 0.25) is 0 Å². The second-order valence-electron chi connectivity index (χ2n) is 2.32. The van der Waals surface area contributed by atoms with Crippen LogP contribution in [-0.4, -0.2) is 23.2 Å². The van der Waals surface area contributed by atoms with Crippen LogP contribution in [0.3, 0.4) is 0 Å². The van der Waals surface area contributed by atoms with Crippen molar-refractivity contribution >= 4 is 18.1 Å². The molecule has 0 aromatic carbocycles. The van der Waals surface area contributed by atoms with Crippen molar-refractivity contribution in [3.05, 3.63) is 11.6 Å². The van der Waals surface area contributed by atoms with Crippen LogP contribution in [0.25, 0.3) is 0 Å². The number of rotatable bonds is 1. The first-order valence-corrected chi connectivity index (χ1v) is 3.10. The number of carboxylic acids is 1. The van der Waals surface area contributed by atoms with Crippen LogP contribution in [0.5, 0.6) is 0 Å². The van der Waals surface area contributed by atoms with Crippen molar-refractivity contribution in [3.63, 3.8) is 0 Å². The number of aliphatic imine (C=N–C) groups is 1. The molecule has 4 heteroatoms.